The minimum atomic E-state index is -0.852. The van der Waals surface area contributed by atoms with Crippen LogP contribution in [0.3, 0.4) is 0 Å². The SMILES string of the molecule is CN(CCc1cccs1)C(=O)[C@H]1C[C@H]1C(=O)O. The van der Waals surface area contributed by atoms with Crippen molar-refractivity contribution >= 4 is 23.2 Å². The highest BCUT2D eigenvalue weighted by atomic mass is 32.1. The highest BCUT2D eigenvalue weighted by Crippen LogP contribution is 2.39. The van der Waals surface area contributed by atoms with Gasteiger partial charge in [-0.15, -0.1) is 11.3 Å². The van der Waals surface area contributed by atoms with E-state index in [1.54, 1.807) is 23.3 Å². The summed E-state index contributed by atoms with van der Waals surface area (Å²) in [5.74, 6) is -1.63. The van der Waals surface area contributed by atoms with Gasteiger partial charge in [0.25, 0.3) is 0 Å². The summed E-state index contributed by atoms with van der Waals surface area (Å²) in [6.07, 6.45) is 1.34. The van der Waals surface area contributed by atoms with Crippen molar-refractivity contribution in [2.24, 2.45) is 11.8 Å². The van der Waals surface area contributed by atoms with Gasteiger partial charge in [0.2, 0.25) is 5.91 Å². The van der Waals surface area contributed by atoms with E-state index in [2.05, 4.69) is 0 Å². The molecule has 17 heavy (non-hydrogen) atoms. The Morgan fingerprint density at radius 3 is 2.82 bits per heavy atom. The molecule has 0 radical (unpaired) electrons. The van der Waals surface area contributed by atoms with E-state index >= 15 is 0 Å². The van der Waals surface area contributed by atoms with E-state index in [0.29, 0.717) is 13.0 Å². The molecule has 5 heteroatoms. The predicted molar refractivity (Wildman–Crippen MR) is 64.9 cm³/mol. The molecule has 0 aliphatic heterocycles. The normalized spacial score (nSPS) is 22.2. The summed E-state index contributed by atoms with van der Waals surface area (Å²) in [4.78, 5) is 25.4. The van der Waals surface area contributed by atoms with Gasteiger partial charge in [-0.25, -0.2) is 0 Å². The van der Waals surface area contributed by atoms with Crippen LogP contribution < -0.4 is 0 Å². The molecule has 1 heterocycles. The fraction of sp³-hybridized carbons (Fsp3) is 0.500. The number of nitrogens with zero attached hydrogens (tertiary/aromatic N) is 1. The summed E-state index contributed by atoms with van der Waals surface area (Å²) in [7, 11) is 1.74. The number of thiophene rings is 1. The molecule has 1 amide bonds. The van der Waals surface area contributed by atoms with Crippen LogP contribution in [0.25, 0.3) is 0 Å². The Bertz CT molecular complexity index is 415. The number of amides is 1. The van der Waals surface area contributed by atoms with Crippen molar-refractivity contribution in [2.45, 2.75) is 12.8 Å². The van der Waals surface area contributed by atoms with Gasteiger partial charge in [0.05, 0.1) is 11.8 Å². The van der Waals surface area contributed by atoms with E-state index in [-0.39, 0.29) is 11.8 Å². The number of carboxylic acid groups (broad SMARTS) is 1. The highest BCUT2D eigenvalue weighted by Gasteiger charge is 2.49. The second kappa shape index (κ2) is 4.87. The molecule has 1 saturated carbocycles. The fourth-order valence-corrected chi connectivity index (χ4v) is 2.57. The molecule has 0 aromatic carbocycles. The number of likely N-dealkylation sites (N-methyl/N-ethyl adjacent to an activating group) is 1. The van der Waals surface area contributed by atoms with E-state index in [1.165, 1.54) is 4.88 Å². The van der Waals surface area contributed by atoms with E-state index in [4.69, 9.17) is 5.11 Å². The number of rotatable bonds is 5. The van der Waals surface area contributed by atoms with Crippen LogP contribution in [-0.2, 0) is 16.0 Å². The van der Waals surface area contributed by atoms with Crippen LogP contribution in [0.4, 0.5) is 0 Å². The summed E-state index contributed by atoms with van der Waals surface area (Å²) in [6.45, 7) is 0.655. The first-order valence-electron chi connectivity index (χ1n) is 5.59. The Balaban J connectivity index is 1.79. The zero-order chi connectivity index (χ0) is 12.4. The number of carboxylic acids is 1. The van der Waals surface area contributed by atoms with Crippen LogP contribution in [0.1, 0.15) is 11.3 Å². The minimum absolute atomic E-state index is 0.0334. The van der Waals surface area contributed by atoms with Crippen molar-refractivity contribution in [1.29, 1.82) is 0 Å². The third kappa shape index (κ3) is 2.85. The average molecular weight is 253 g/mol. The lowest BCUT2D eigenvalue weighted by Crippen LogP contribution is -2.31. The largest absolute Gasteiger partial charge is 0.481 e. The minimum Gasteiger partial charge on any atom is -0.481 e. The molecule has 1 aromatic rings. The molecule has 0 saturated heterocycles. The first-order chi connectivity index (χ1) is 8.09. The van der Waals surface area contributed by atoms with Crippen LogP contribution in [0.2, 0.25) is 0 Å². The number of hydrogen-bond acceptors (Lipinski definition) is 3. The molecular weight excluding hydrogens is 238 g/mol. The Hall–Kier alpha value is -1.36. The predicted octanol–water partition coefficient (Wildman–Crippen LogP) is 1.47. The number of aliphatic carboxylic acids is 1. The van der Waals surface area contributed by atoms with Gasteiger partial charge in [-0.2, -0.15) is 0 Å². The van der Waals surface area contributed by atoms with Crippen LogP contribution >= 0.6 is 11.3 Å². The van der Waals surface area contributed by atoms with Crippen molar-refractivity contribution in [2.75, 3.05) is 13.6 Å². The molecule has 2 atom stereocenters. The lowest BCUT2D eigenvalue weighted by molar-refractivity contribution is -0.141. The van der Waals surface area contributed by atoms with Crippen molar-refractivity contribution < 1.29 is 14.7 Å². The van der Waals surface area contributed by atoms with Gasteiger partial charge in [-0.1, -0.05) is 6.07 Å². The number of carbonyl (C=O) groups excluding carboxylic acids is 1. The topological polar surface area (TPSA) is 57.6 Å². The van der Waals surface area contributed by atoms with E-state index in [1.807, 2.05) is 17.5 Å². The van der Waals surface area contributed by atoms with E-state index < -0.39 is 11.9 Å². The Morgan fingerprint density at radius 2 is 2.29 bits per heavy atom. The van der Waals surface area contributed by atoms with Gasteiger partial charge in [0.15, 0.2) is 0 Å². The molecular formula is C12H15NO3S. The molecule has 0 unspecified atom stereocenters. The number of carbonyl (C=O) groups is 2. The Morgan fingerprint density at radius 1 is 1.53 bits per heavy atom. The Kier molecular flexibility index (Phi) is 3.47. The molecule has 92 valence electrons. The van der Waals surface area contributed by atoms with Crippen LogP contribution in [0.5, 0.6) is 0 Å². The van der Waals surface area contributed by atoms with Gasteiger partial charge >= 0.3 is 5.97 Å². The Labute approximate surface area is 104 Å². The summed E-state index contributed by atoms with van der Waals surface area (Å²) >= 11 is 1.67. The third-order valence-electron chi connectivity index (χ3n) is 3.07. The third-order valence-corrected chi connectivity index (χ3v) is 4.01. The van der Waals surface area contributed by atoms with E-state index in [0.717, 1.165) is 6.42 Å². The first-order valence-corrected chi connectivity index (χ1v) is 6.47. The van der Waals surface area contributed by atoms with Crippen molar-refractivity contribution in [3.63, 3.8) is 0 Å². The molecule has 1 aliphatic carbocycles. The lowest BCUT2D eigenvalue weighted by Gasteiger charge is -2.16. The molecule has 1 N–H and O–H groups in total. The average Bonchev–Trinajstić information content (AvgIpc) is 2.94. The van der Waals surface area contributed by atoms with Gasteiger partial charge < -0.3 is 10.0 Å². The lowest BCUT2D eigenvalue weighted by atomic mass is 10.2. The second-order valence-electron chi connectivity index (χ2n) is 4.38. The standard InChI is InChI=1S/C12H15NO3S/c1-13(5-4-8-3-2-6-17-8)11(14)9-7-10(9)12(15)16/h2-3,6,9-10H,4-5,7H2,1H3,(H,15,16)/t9-,10+/m0/s1. The molecule has 0 spiro atoms. The van der Waals surface area contributed by atoms with Gasteiger partial charge in [0.1, 0.15) is 0 Å². The van der Waals surface area contributed by atoms with E-state index in [9.17, 15) is 9.59 Å². The van der Waals surface area contributed by atoms with Gasteiger partial charge in [-0.3, -0.25) is 9.59 Å². The monoisotopic (exact) mass is 253 g/mol. The maximum Gasteiger partial charge on any atom is 0.307 e. The fourth-order valence-electron chi connectivity index (χ4n) is 1.87. The quantitative estimate of drug-likeness (QED) is 0.864. The van der Waals surface area contributed by atoms with Crippen molar-refractivity contribution in [3.8, 4) is 0 Å². The maximum atomic E-state index is 11.8. The molecule has 1 aromatic heterocycles. The first kappa shape index (κ1) is 12.1. The number of hydrogen-bond donors (Lipinski definition) is 1. The van der Waals surface area contributed by atoms with Gasteiger partial charge in [0, 0.05) is 18.5 Å². The van der Waals surface area contributed by atoms with Crippen LogP contribution in [-0.4, -0.2) is 35.5 Å². The molecule has 4 nitrogen and oxygen atoms in total. The summed E-state index contributed by atoms with van der Waals surface area (Å²) in [6, 6.07) is 4.03. The second-order valence-corrected chi connectivity index (χ2v) is 5.41. The molecule has 1 fully saturated rings. The van der Waals surface area contributed by atoms with Crippen LogP contribution in [0.15, 0.2) is 17.5 Å². The molecule has 0 bridgehead atoms. The summed E-state index contributed by atoms with van der Waals surface area (Å²) in [5, 5.41) is 10.8. The molecule has 2 rings (SSSR count). The maximum absolute atomic E-state index is 11.8. The van der Waals surface area contributed by atoms with Crippen LogP contribution in [0, 0.1) is 11.8 Å². The summed E-state index contributed by atoms with van der Waals surface area (Å²) in [5.41, 5.74) is 0. The van der Waals surface area contributed by atoms with Crippen molar-refractivity contribution in [3.05, 3.63) is 22.4 Å². The van der Waals surface area contributed by atoms with Crippen molar-refractivity contribution in [1.82, 2.24) is 4.90 Å². The molecule has 1 aliphatic rings. The van der Waals surface area contributed by atoms with Gasteiger partial charge in [-0.05, 0) is 24.3 Å². The zero-order valence-electron chi connectivity index (χ0n) is 9.63. The highest BCUT2D eigenvalue weighted by molar-refractivity contribution is 7.09. The zero-order valence-corrected chi connectivity index (χ0v) is 10.4. The smallest absolute Gasteiger partial charge is 0.307 e. The summed E-state index contributed by atoms with van der Waals surface area (Å²) < 4.78 is 0.